The summed E-state index contributed by atoms with van der Waals surface area (Å²) in [5, 5.41) is 22.2. The predicted molar refractivity (Wildman–Crippen MR) is 128 cm³/mol. The predicted octanol–water partition coefficient (Wildman–Crippen LogP) is 4.10. The van der Waals surface area contributed by atoms with Crippen molar-refractivity contribution in [1.29, 1.82) is 5.26 Å². The van der Waals surface area contributed by atoms with Crippen LogP contribution in [0.1, 0.15) is 45.6 Å². The highest BCUT2D eigenvalue weighted by atomic mass is 19.1. The van der Waals surface area contributed by atoms with Crippen LogP contribution < -0.4 is 15.8 Å². The second-order valence-corrected chi connectivity index (χ2v) is 8.43. The fourth-order valence-corrected chi connectivity index (χ4v) is 4.39. The van der Waals surface area contributed by atoms with E-state index in [1.54, 1.807) is 30.3 Å². The number of hydrogen-bond acceptors (Lipinski definition) is 6. The Balaban J connectivity index is 1.59. The molecule has 2 aromatic heterocycles. The van der Waals surface area contributed by atoms with E-state index in [0.29, 0.717) is 35.8 Å². The minimum Gasteiger partial charge on any atom is -0.478 e. The molecule has 9 heteroatoms. The Kier molecular flexibility index (Phi) is 5.41. The largest absolute Gasteiger partial charge is 0.478 e. The number of nitrogens with zero attached hydrogens (tertiary/aromatic N) is 4. The highest BCUT2D eigenvalue weighted by molar-refractivity contribution is 5.94. The molecule has 4 aromatic rings. The Morgan fingerprint density at radius 2 is 1.94 bits per heavy atom. The molecular formula is C26H20FN5O3. The van der Waals surface area contributed by atoms with Gasteiger partial charge in [-0.3, -0.25) is 9.20 Å². The molecule has 1 aliphatic heterocycles. The van der Waals surface area contributed by atoms with Crippen molar-refractivity contribution in [2.45, 2.75) is 26.1 Å². The molecule has 1 aliphatic rings. The lowest BCUT2D eigenvalue weighted by molar-refractivity contribution is 0.0698. The van der Waals surface area contributed by atoms with Gasteiger partial charge in [-0.05, 0) is 48.4 Å². The number of nitrogens with one attached hydrogen (secondary N) is 1. The average molecular weight is 469 g/mol. The number of halogens is 1. The lowest BCUT2D eigenvalue weighted by atomic mass is 10.1. The Bertz CT molecular complexity index is 1590. The molecular weight excluding hydrogens is 449 g/mol. The summed E-state index contributed by atoms with van der Waals surface area (Å²) in [6, 6.07) is 15.8. The average Bonchev–Trinajstić information content (AvgIpc) is 3.27. The number of fused-ring (bicyclic) bond motifs is 2. The van der Waals surface area contributed by atoms with E-state index in [4.69, 9.17) is 4.98 Å². The summed E-state index contributed by atoms with van der Waals surface area (Å²) in [4.78, 5) is 31.3. The van der Waals surface area contributed by atoms with Gasteiger partial charge >= 0.3 is 5.97 Å². The van der Waals surface area contributed by atoms with Crippen LogP contribution in [-0.4, -0.2) is 20.5 Å². The topological polar surface area (TPSA) is 111 Å². The van der Waals surface area contributed by atoms with Crippen LogP contribution in [0.2, 0.25) is 0 Å². The molecule has 0 fully saturated rings. The number of aromatic nitrogens is 2. The van der Waals surface area contributed by atoms with Gasteiger partial charge in [-0.15, -0.1) is 0 Å². The number of carbonyl (C=O) groups is 1. The molecule has 0 amide bonds. The van der Waals surface area contributed by atoms with E-state index in [-0.39, 0.29) is 22.5 Å². The Hall–Kier alpha value is -4.71. The van der Waals surface area contributed by atoms with Crippen molar-refractivity contribution in [3.05, 3.63) is 105 Å². The monoisotopic (exact) mass is 469 g/mol. The van der Waals surface area contributed by atoms with E-state index in [1.165, 1.54) is 34.9 Å². The molecule has 5 rings (SSSR count). The molecule has 0 aliphatic carbocycles. The number of nitriles is 1. The summed E-state index contributed by atoms with van der Waals surface area (Å²) in [5.74, 6) is -0.946. The highest BCUT2D eigenvalue weighted by Gasteiger charge is 2.23. The zero-order valence-electron chi connectivity index (χ0n) is 18.7. The molecule has 174 valence electrons. The summed E-state index contributed by atoms with van der Waals surface area (Å²) >= 11 is 0. The van der Waals surface area contributed by atoms with Gasteiger partial charge in [-0.1, -0.05) is 18.2 Å². The van der Waals surface area contributed by atoms with Gasteiger partial charge in [0.1, 0.15) is 23.4 Å². The Morgan fingerprint density at radius 1 is 1.17 bits per heavy atom. The van der Waals surface area contributed by atoms with E-state index in [0.717, 1.165) is 11.1 Å². The fraction of sp³-hybridized carbons (Fsp3) is 0.154. The fourth-order valence-electron chi connectivity index (χ4n) is 4.39. The maximum absolute atomic E-state index is 13.7. The second kappa shape index (κ2) is 8.57. The van der Waals surface area contributed by atoms with Gasteiger partial charge < -0.3 is 15.3 Å². The SMILES string of the molecule is C[C@@H](Nc1ccccc1C(=O)O)c1cc(C#N)cn2c(=O)cc(N3Cc4ccc(F)cc4C3)nc12. The highest BCUT2D eigenvalue weighted by Crippen LogP contribution is 2.29. The summed E-state index contributed by atoms with van der Waals surface area (Å²) in [6.45, 7) is 2.72. The Morgan fingerprint density at radius 3 is 2.71 bits per heavy atom. The van der Waals surface area contributed by atoms with Crippen LogP contribution in [0.4, 0.5) is 15.9 Å². The summed E-state index contributed by atoms with van der Waals surface area (Å²) in [5.41, 5.74) is 3.14. The van der Waals surface area contributed by atoms with Gasteiger partial charge in [0.2, 0.25) is 0 Å². The maximum Gasteiger partial charge on any atom is 0.337 e. The summed E-state index contributed by atoms with van der Waals surface area (Å²) in [6.07, 6.45) is 1.43. The van der Waals surface area contributed by atoms with Gasteiger partial charge in [0.05, 0.1) is 17.2 Å². The van der Waals surface area contributed by atoms with E-state index >= 15 is 0 Å². The quantitative estimate of drug-likeness (QED) is 0.453. The third kappa shape index (κ3) is 4.06. The van der Waals surface area contributed by atoms with Gasteiger partial charge in [0.15, 0.2) is 0 Å². The molecule has 0 unspecified atom stereocenters. The van der Waals surface area contributed by atoms with Gasteiger partial charge in [-0.25, -0.2) is 14.2 Å². The third-order valence-corrected chi connectivity index (χ3v) is 6.12. The van der Waals surface area contributed by atoms with Crippen LogP contribution >= 0.6 is 0 Å². The molecule has 0 saturated carbocycles. The van der Waals surface area contributed by atoms with Gasteiger partial charge in [0.25, 0.3) is 5.56 Å². The van der Waals surface area contributed by atoms with Crippen molar-refractivity contribution in [2.75, 3.05) is 10.2 Å². The Labute approximate surface area is 199 Å². The number of pyridine rings is 1. The van der Waals surface area contributed by atoms with E-state index in [9.17, 15) is 24.3 Å². The van der Waals surface area contributed by atoms with Crippen molar-refractivity contribution >= 4 is 23.1 Å². The van der Waals surface area contributed by atoms with Crippen molar-refractivity contribution in [3.8, 4) is 6.07 Å². The lowest BCUT2D eigenvalue weighted by Gasteiger charge is -2.21. The first-order valence-corrected chi connectivity index (χ1v) is 10.9. The second-order valence-electron chi connectivity index (χ2n) is 8.43. The van der Waals surface area contributed by atoms with E-state index in [1.807, 2.05) is 11.8 Å². The normalized spacial score (nSPS) is 13.3. The molecule has 2 N–H and O–H groups in total. The number of para-hydroxylation sites is 1. The van der Waals surface area contributed by atoms with Gasteiger partial charge in [0, 0.05) is 36.6 Å². The summed E-state index contributed by atoms with van der Waals surface area (Å²) in [7, 11) is 0. The number of rotatable bonds is 5. The molecule has 2 aromatic carbocycles. The number of aromatic carboxylic acids is 1. The zero-order valence-corrected chi connectivity index (χ0v) is 18.7. The van der Waals surface area contributed by atoms with Crippen molar-refractivity contribution in [3.63, 3.8) is 0 Å². The standard InChI is InChI=1S/C26H20FN5O3/c1-15(29-22-5-3-2-4-20(22)26(34)35)21-8-16(11-28)12-32-24(33)10-23(30-25(21)32)31-13-17-6-7-19(27)9-18(17)14-31/h2-10,12,15,29H,13-14H2,1H3,(H,34,35)/t15-/m1/s1. The number of anilines is 2. The van der Waals surface area contributed by atoms with Crippen molar-refractivity contribution in [2.24, 2.45) is 0 Å². The van der Waals surface area contributed by atoms with Gasteiger partial charge in [-0.2, -0.15) is 5.26 Å². The molecule has 8 nitrogen and oxygen atoms in total. The molecule has 0 saturated heterocycles. The zero-order chi connectivity index (χ0) is 24.7. The van der Waals surface area contributed by atoms with Crippen LogP contribution in [0.5, 0.6) is 0 Å². The van der Waals surface area contributed by atoms with Crippen LogP contribution in [-0.2, 0) is 13.1 Å². The maximum atomic E-state index is 13.7. The minimum absolute atomic E-state index is 0.105. The van der Waals surface area contributed by atoms with Crippen molar-refractivity contribution in [1.82, 2.24) is 9.38 Å². The molecule has 0 spiro atoms. The smallest absolute Gasteiger partial charge is 0.337 e. The van der Waals surface area contributed by atoms with Crippen LogP contribution in [0.15, 0.2) is 65.6 Å². The van der Waals surface area contributed by atoms with E-state index in [2.05, 4.69) is 11.4 Å². The first-order valence-electron chi connectivity index (χ1n) is 10.9. The third-order valence-electron chi connectivity index (χ3n) is 6.12. The summed E-state index contributed by atoms with van der Waals surface area (Å²) < 4.78 is 15.0. The molecule has 35 heavy (non-hydrogen) atoms. The number of carboxylic acids is 1. The molecule has 3 heterocycles. The first-order chi connectivity index (χ1) is 16.8. The number of carboxylic acid groups (broad SMARTS) is 1. The van der Waals surface area contributed by atoms with Crippen molar-refractivity contribution < 1.29 is 14.3 Å². The molecule has 0 bridgehead atoms. The molecule has 0 radical (unpaired) electrons. The van der Waals surface area contributed by atoms with Crippen LogP contribution in [0, 0.1) is 17.1 Å². The minimum atomic E-state index is -1.07. The first kappa shape index (κ1) is 22.1. The number of hydrogen-bond donors (Lipinski definition) is 2. The van der Waals surface area contributed by atoms with E-state index < -0.39 is 12.0 Å². The lowest BCUT2D eigenvalue weighted by Crippen LogP contribution is -2.23. The van der Waals surface area contributed by atoms with Crippen LogP contribution in [0.25, 0.3) is 5.65 Å². The van der Waals surface area contributed by atoms with Crippen LogP contribution in [0.3, 0.4) is 0 Å². The number of benzene rings is 2. The molecule has 1 atom stereocenters.